The SMILES string of the molecule is NCCC1CCN(C(=O)N2CCOCC2)CC1. The van der Waals surface area contributed by atoms with Gasteiger partial charge in [-0.2, -0.15) is 0 Å². The van der Waals surface area contributed by atoms with Crippen molar-refractivity contribution < 1.29 is 9.53 Å². The Bertz CT molecular complexity index is 246. The number of rotatable bonds is 2. The predicted molar refractivity (Wildman–Crippen MR) is 65.8 cm³/mol. The molecule has 2 saturated heterocycles. The molecular formula is C12H23N3O2. The molecule has 5 nitrogen and oxygen atoms in total. The van der Waals surface area contributed by atoms with Crippen molar-refractivity contribution in [1.82, 2.24) is 9.80 Å². The largest absolute Gasteiger partial charge is 0.378 e. The number of ether oxygens (including phenoxy) is 1. The number of carbonyl (C=O) groups is 1. The van der Waals surface area contributed by atoms with Gasteiger partial charge < -0.3 is 20.3 Å². The Morgan fingerprint density at radius 3 is 2.29 bits per heavy atom. The Labute approximate surface area is 103 Å². The first-order chi connectivity index (χ1) is 8.31. The summed E-state index contributed by atoms with van der Waals surface area (Å²) in [6.07, 6.45) is 3.31. The number of carbonyl (C=O) groups excluding carboxylic acids is 1. The third kappa shape index (κ3) is 3.33. The maximum absolute atomic E-state index is 12.2. The van der Waals surface area contributed by atoms with Crippen LogP contribution in [0.25, 0.3) is 0 Å². The van der Waals surface area contributed by atoms with Gasteiger partial charge in [-0.25, -0.2) is 4.79 Å². The van der Waals surface area contributed by atoms with Crippen LogP contribution in [0.5, 0.6) is 0 Å². The summed E-state index contributed by atoms with van der Waals surface area (Å²) in [5.74, 6) is 0.716. The minimum atomic E-state index is 0.194. The van der Waals surface area contributed by atoms with E-state index >= 15 is 0 Å². The van der Waals surface area contributed by atoms with E-state index in [1.807, 2.05) is 9.80 Å². The van der Waals surface area contributed by atoms with Crippen LogP contribution < -0.4 is 5.73 Å². The summed E-state index contributed by atoms with van der Waals surface area (Å²) < 4.78 is 5.26. The van der Waals surface area contributed by atoms with Gasteiger partial charge in [0, 0.05) is 26.2 Å². The van der Waals surface area contributed by atoms with E-state index in [1.165, 1.54) is 0 Å². The lowest BCUT2D eigenvalue weighted by Gasteiger charge is -2.37. The van der Waals surface area contributed by atoms with E-state index in [0.717, 1.165) is 52.0 Å². The lowest BCUT2D eigenvalue weighted by Crippen LogP contribution is -2.50. The summed E-state index contributed by atoms with van der Waals surface area (Å²) in [4.78, 5) is 16.1. The molecule has 0 spiro atoms. The van der Waals surface area contributed by atoms with Crippen molar-refractivity contribution in [1.29, 1.82) is 0 Å². The van der Waals surface area contributed by atoms with E-state index in [0.29, 0.717) is 19.1 Å². The van der Waals surface area contributed by atoms with E-state index in [2.05, 4.69) is 0 Å². The van der Waals surface area contributed by atoms with Crippen molar-refractivity contribution >= 4 is 6.03 Å². The number of morpholine rings is 1. The van der Waals surface area contributed by atoms with Crippen LogP contribution in [-0.4, -0.2) is 61.8 Å². The number of hydrogen-bond donors (Lipinski definition) is 1. The minimum absolute atomic E-state index is 0.194. The topological polar surface area (TPSA) is 58.8 Å². The lowest BCUT2D eigenvalue weighted by atomic mass is 9.94. The molecule has 0 aromatic carbocycles. The van der Waals surface area contributed by atoms with E-state index in [1.54, 1.807) is 0 Å². The van der Waals surface area contributed by atoms with E-state index in [4.69, 9.17) is 10.5 Å². The predicted octanol–water partition coefficient (Wildman–Crippen LogP) is 0.499. The molecule has 0 aliphatic carbocycles. The van der Waals surface area contributed by atoms with Gasteiger partial charge in [0.1, 0.15) is 0 Å². The molecular weight excluding hydrogens is 218 g/mol. The zero-order valence-corrected chi connectivity index (χ0v) is 10.4. The van der Waals surface area contributed by atoms with E-state index in [9.17, 15) is 4.79 Å². The molecule has 0 radical (unpaired) electrons. The Morgan fingerprint density at radius 2 is 1.71 bits per heavy atom. The lowest BCUT2D eigenvalue weighted by molar-refractivity contribution is 0.0399. The van der Waals surface area contributed by atoms with Gasteiger partial charge in [0.15, 0.2) is 0 Å². The van der Waals surface area contributed by atoms with E-state index < -0.39 is 0 Å². The molecule has 2 N–H and O–H groups in total. The van der Waals surface area contributed by atoms with Crippen molar-refractivity contribution in [3.8, 4) is 0 Å². The molecule has 0 aromatic rings. The van der Waals surface area contributed by atoms with Gasteiger partial charge in [0.25, 0.3) is 0 Å². The maximum atomic E-state index is 12.2. The van der Waals surface area contributed by atoms with Crippen LogP contribution in [0.1, 0.15) is 19.3 Å². The van der Waals surface area contributed by atoms with Gasteiger partial charge in [-0.15, -0.1) is 0 Å². The van der Waals surface area contributed by atoms with Crippen LogP contribution in [0.2, 0.25) is 0 Å². The first kappa shape index (κ1) is 12.6. The average Bonchev–Trinajstić information content (AvgIpc) is 2.40. The maximum Gasteiger partial charge on any atom is 0.320 e. The Balaban J connectivity index is 1.77. The minimum Gasteiger partial charge on any atom is -0.378 e. The van der Waals surface area contributed by atoms with E-state index in [-0.39, 0.29) is 6.03 Å². The van der Waals surface area contributed by atoms with Gasteiger partial charge in [0.2, 0.25) is 0 Å². The van der Waals surface area contributed by atoms with Gasteiger partial charge in [-0.05, 0) is 31.7 Å². The Hall–Kier alpha value is -0.810. The standard InChI is InChI=1S/C12H23N3O2/c13-4-1-11-2-5-14(6-3-11)12(16)15-7-9-17-10-8-15/h11H,1-10,13H2. The number of likely N-dealkylation sites (tertiary alicyclic amines) is 1. The highest BCUT2D eigenvalue weighted by molar-refractivity contribution is 5.74. The van der Waals surface area contributed by atoms with Crippen molar-refractivity contribution in [3.05, 3.63) is 0 Å². The molecule has 2 aliphatic heterocycles. The summed E-state index contributed by atoms with van der Waals surface area (Å²) in [7, 11) is 0. The molecule has 0 aromatic heterocycles. The Morgan fingerprint density at radius 1 is 1.12 bits per heavy atom. The third-order valence-electron chi connectivity index (χ3n) is 3.74. The van der Waals surface area contributed by atoms with Crippen molar-refractivity contribution in [2.75, 3.05) is 45.9 Å². The van der Waals surface area contributed by atoms with Crippen LogP contribution in [0, 0.1) is 5.92 Å². The number of nitrogens with two attached hydrogens (primary N) is 1. The summed E-state index contributed by atoms with van der Waals surface area (Å²) >= 11 is 0. The molecule has 0 atom stereocenters. The average molecular weight is 241 g/mol. The molecule has 2 amide bonds. The van der Waals surface area contributed by atoms with Crippen LogP contribution in [0.15, 0.2) is 0 Å². The van der Waals surface area contributed by atoms with Crippen LogP contribution in [0.3, 0.4) is 0 Å². The summed E-state index contributed by atoms with van der Waals surface area (Å²) in [6.45, 7) is 5.37. The van der Waals surface area contributed by atoms with Gasteiger partial charge >= 0.3 is 6.03 Å². The highest BCUT2D eigenvalue weighted by atomic mass is 16.5. The van der Waals surface area contributed by atoms with Crippen LogP contribution in [-0.2, 0) is 4.74 Å². The quantitative estimate of drug-likeness (QED) is 0.766. The second-order valence-electron chi connectivity index (χ2n) is 4.89. The molecule has 98 valence electrons. The number of nitrogens with zero attached hydrogens (tertiary/aromatic N) is 2. The van der Waals surface area contributed by atoms with Crippen molar-refractivity contribution in [3.63, 3.8) is 0 Å². The first-order valence-electron chi connectivity index (χ1n) is 6.63. The van der Waals surface area contributed by atoms with Crippen LogP contribution >= 0.6 is 0 Å². The van der Waals surface area contributed by atoms with Gasteiger partial charge in [-0.1, -0.05) is 0 Å². The van der Waals surface area contributed by atoms with Crippen molar-refractivity contribution in [2.45, 2.75) is 19.3 Å². The molecule has 2 rings (SSSR count). The van der Waals surface area contributed by atoms with Gasteiger partial charge in [-0.3, -0.25) is 0 Å². The monoisotopic (exact) mass is 241 g/mol. The summed E-state index contributed by atoms with van der Waals surface area (Å²) in [6, 6.07) is 0.194. The second kappa shape index (κ2) is 6.21. The highest BCUT2D eigenvalue weighted by Gasteiger charge is 2.26. The molecule has 0 saturated carbocycles. The van der Waals surface area contributed by atoms with Crippen molar-refractivity contribution in [2.24, 2.45) is 11.7 Å². The number of hydrogen-bond acceptors (Lipinski definition) is 3. The number of urea groups is 1. The molecule has 2 heterocycles. The molecule has 2 fully saturated rings. The smallest absolute Gasteiger partial charge is 0.320 e. The number of amides is 2. The fraction of sp³-hybridized carbons (Fsp3) is 0.917. The summed E-state index contributed by atoms with van der Waals surface area (Å²) in [5, 5.41) is 0. The van der Waals surface area contributed by atoms with Crippen LogP contribution in [0.4, 0.5) is 4.79 Å². The number of piperidine rings is 1. The highest BCUT2D eigenvalue weighted by Crippen LogP contribution is 2.20. The third-order valence-corrected chi connectivity index (χ3v) is 3.74. The fourth-order valence-electron chi connectivity index (χ4n) is 2.60. The summed E-state index contributed by atoms with van der Waals surface area (Å²) in [5.41, 5.74) is 5.57. The molecule has 0 unspecified atom stereocenters. The molecule has 2 aliphatic rings. The normalized spacial score (nSPS) is 22.9. The fourth-order valence-corrected chi connectivity index (χ4v) is 2.60. The zero-order valence-electron chi connectivity index (χ0n) is 10.4. The Kier molecular flexibility index (Phi) is 4.62. The zero-order chi connectivity index (χ0) is 12.1. The van der Waals surface area contributed by atoms with Gasteiger partial charge in [0.05, 0.1) is 13.2 Å². The second-order valence-corrected chi connectivity index (χ2v) is 4.89. The molecule has 17 heavy (non-hydrogen) atoms. The first-order valence-corrected chi connectivity index (χ1v) is 6.63. The molecule has 0 bridgehead atoms. The molecule has 5 heteroatoms.